The molecule has 0 spiro atoms. The Bertz CT molecular complexity index is 2050. The summed E-state index contributed by atoms with van der Waals surface area (Å²) in [6.07, 6.45) is 2.40. The van der Waals surface area contributed by atoms with Crippen LogP contribution in [0.5, 0.6) is 0 Å². The lowest BCUT2D eigenvalue weighted by molar-refractivity contribution is 0.231. The van der Waals surface area contributed by atoms with Crippen LogP contribution >= 0.6 is 0 Å². The van der Waals surface area contributed by atoms with Gasteiger partial charge in [-0.1, -0.05) is 97.1 Å². The fraction of sp³-hybridized carbons (Fsp3) is 0.122. The minimum absolute atomic E-state index is 0.00635. The highest BCUT2D eigenvalue weighted by atomic mass is 15.5. The second-order valence-electron chi connectivity index (χ2n) is 12.5. The SMILES string of the molecule is CN1C=C(c2cc(-c3ccccc3)cc(-c3ccccc3)c2)CNC1C1Nc2cc3ccccc3cc2C2Nc3ccccc3N21. The van der Waals surface area contributed by atoms with Crippen LogP contribution in [0.25, 0.3) is 38.6 Å². The number of fused-ring (bicyclic) bond motifs is 6. The van der Waals surface area contributed by atoms with Crippen molar-refractivity contribution in [2.24, 2.45) is 0 Å². The van der Waals surface area contributed by atoms with Gasteiger partial charge in [-0.15, -0.1) is 0 Å². The summed E-state index contributed by atoms with van der Waals surface area (Å²) in [5, 5.41) is 14.3. The highest BCUT2D eigenvalue weighted by Gasteiger charge is 2.44. The Labute approximate surface area is 269 Å². The Morgan fingerprint density at radius 1 is 0.543 bits per heavy atom. The highest BCUT2D eigenvalue weighted by molar-refractivity contribution is 5.90. The molecule has 3 heterocycles. The number of hydrogen-bond donors (Lipinski definition) is 3. The first-order valence-electron chi connectivity index (χ1n) is 16.1. The minimum atomic E-state index is -0.00635. The van der Waals surface area contributed by atoms with E-state index < -0.39 is 0 Å². The zero-order valence-corrected chi connectivity index (χ0v) is 25.7. The van der Waals surface area contributed by atoms with Gasteiger partial charge in [-0.3, -0.25) is 5.32 Å². The predicted octanol–water partition coefficient (Wildman–Crippen LogP) is 8.76. The van der Waals surface area contributed by atoms with Crippen molar-refractivity contribution in [3.05, 3.63) is 157 Å². The van der Waals surface area contributed by atoms with Crippen molar-refractivity contribution in [1.82, 2.24) is 10.2 Å². The molecule has 3 aliphatic heterocycles. The Morgan fingerprint density at radius 3 is 1.85 bits per heavy atom. The van der Waals surface area contributed by atoms with Gasteiger partial charge in [0.15, 0.2) is 0 Å². The lowest BCUT2D eigenvalue weighted by Crippen LogP contribution is -2.63. The van der Waals surface area contributed by atoms with Crippen molar-refractivity contribution in [3.63, 3.8) is 0 Å². The minimum Gasteiger partial charge on any atom is -0.362 e. The molecule has 5 heteroatoms. The van der Waals surface area contributed by atoms with Crippen molar-refractivity contribution in [1.29, 1.82) is 0 Å². The fourth-order valence-electron chi connectivity index (χ4n) is 7.43. The van der Waals surface area contributed by atoms with Gasteiger partial charge in [-0.25, -0.2) is 0 Å². The molecule has 0 fully saturated rings. The largest absolute Gasteiger partial charge is 0.362 e. The van der Waals surface area contributed by atoms with Gasteiger partial charge in [0.25, 0.3) is 0 Å². The Balaban J connectivity index is 1.10. The smallest absolute Gasteiger partial charge is 0.136 e. The molecule has 0 aromatic heterocycles. The summed E-state index contributed by atoms with van der Waals surface area (Å²) in [4.78, 5) is 4.86. The summed E-state index contributed by atoms with van der Waals surface area (Å²) in [5.74, 6) is 0. The fourth-order valence-corrected chi connectivity index (χ4v) is 7.43. The number of rotatable bonds is 4. The van der Waals surface area contributed by atoms with E-state index in [-0.39, 0.29) is 18.5 Å². The number of nitrogens with one attached hydrogen (secondary N) is 3. The van der Waals surface area contributed by atoms with Crippen molar-refractivity contribution in [2.45, 2.75) is 18.5 Å². The molecular weight excluding hydrogens is 562 g/mol. The van der Waals surface area contributed by atoms with Crippen molar-refractivity contribution < 1.29 is 0 Å². The van der Waals surface area contributed by atoms with E-state index >= 15 is 0 Å². The van der Waals surface area contributed by atoms with Crippen molar-refractivity contribution in [3.8, 4) is 22.3 Å². The summed E-state index contributed by atoms with van der Waals surface area (Å²) in [6, 6.07) is 50.3. The van der Waals surface area contributed by atoms with Gasteiger partial charge in [-0.05, 0) is 86.6 Å². The second kappa shape index (κ2) is 10.8. The molecule has 224 valence electrons. The van der Waals surface area contributed by atoms with Crippen LogP contribution in [0.1, 0.15) is 17.3 Å². The maximum absolute atomic E-state index is 3.97. The normalized spacial score (nSPS) is 19.8. The average molecular weight is 598 g/mol. The molecule has 3 aliphatic rings. The van der Waals surface area contributed by atoms with Gasteiger partial charge >= 0.3 is 0 Å². The van der Waals surface area contributed by atoms with E-state index in [1.165, 1.54) is 66.8 Å². The second-order valence-corrected chi connectivity index (χ2v) is 12.5. The Morgan fingerprint density at radius 2 is 1.15 bits per heavy atom. The maximum Gasteiger partial charge on any atom is 0.136 e. The molecular formula is C41H35N5. The summed E-state index contributed by atoms with van der Waals surface area (Å²) in [7, 11) is 2.19. The van der Waals surface area contributed by atoms with E-state index in [1.54, 1.807) is 0 Å². The van der Waals surface area contributed by atoms with Crippen LogP contribution in [0, 0.1) is 0 Å². The lowest BCUT2D eigenvalue weighted by Gasteiger charge is -2.48. The van der Waals surface area contributed by atoms with Crippen LogP contribution in [0.4, 0.5) is 17.1 Å². The third-order valence-corrected chi connectivity index (χ3v) is 9.69. The highest BCUT2D eigenvalue weighted by Crippen LogP contribution is 2.48. The molecule has 3 N–H and O–H groups in total. The van der Waals surface area contributed by atoms with Gasteiger partial charge in [0.2, 0.25) is 0 Å². The molecule has 3 unspecified atom stereocenters. The number of hydrogen-bond acceptors (Lipinski definition) is 5. The summed E-state index contributed by atoms with van der Waals surface area (Å²) >= 11 is 0. The van der Waals surface area contributed by atoms with Crippen molar-refractivity contribution >= 4 is 33.4 Å². The van der Waals surface area contributed by atoms with E-state index in [1.807, 2.05) is 0 Å². The van der Waals surface area contributed by atoms with Crippen LogP contribution in [0.3, 0.4) is 0 Å². The van der Waals surface area contributed by atoms with Crippen molar-refractivity contribution in [2.75, 3.05) is 29.1 Å². The molecule has 5 nitrogen and oxygen atoms in total. The molecule has 0 aliphatic carbocycles. The first-order chi connectivity index (χ1) is 22.7. The number of nitrogens with zero attached hydrogens (tertiary/aromatic N) is 2. The van der Waals surface area contributed by atoms with Crippen LogP contribution in [0.2, 0.25) is 0 Å². The number of likely N-dealkylation sites (N-methyl/N-ethyl adjacent to an activating group) is 1. The topological polar surface area (TPSA) is 42.6 Å². The number of anilines is 3. The standard InChI is InChI=1S/C41H35N5/c1-45-26-34(33-21-31(27-12-4-2-5-13-27)20-32(22-33)28-14-6-3-7-15-28)25-42-40(45)41-44-37-24-30-17-9-8-16-29(30)23-35(37)39-43-36-18-10-11-19-38(36)46(39)41/h2-24,26,39-44H,25H2,1H3. The van der Waals surface area contributed by atoms with E-state index in [9.17, 15) is 0 Å². The molecule has 3 atom stereocenters. The third kappa shape index (κ3) is 4.51. The summed E-state index contributed by atoms with van der Waals surface area (Å²) in [5.41, 5.74) is 12.2. The monoisotopic (exact) mass is 597 g/mol. The molecule has 6 aromatic carbocycles. The van der Waals surface area contributed by atoms with E-state index in [0.717, 1.165) is 6.54 Å². The molecule has 0 radical (unpaired) electrons. The Kier molecular flexibility index (Phi) is 6.32. The van der Waals surface area contributed by atoms with Gasteiger partial charge in [0, 0.05) is 31.0 Å². The van der Waals surface area contributed by atoms with E-state index in [4.69, 9.17) is 0 Å². The molecule has 9 rings (SSSR count). The third-order valence-electron chi connectivity index (χ3n) is 9.69. The summed E-state index contributed by atoms with van der Waals surface area (Å²) < 4.78 is 0. The van der Waals surface area contributed by atoms with Crippen LogP contribution in [0.15, 0.2) is 146 Å². The molecule has 0 saturated heterocycles. The lowest BCUT2D eigenvalue weighted by atomic mass is 9.93. The maximum atomic E-state index is 3.97. The predicted molar refractivity (Wildman–Crippen MR) is 191 cm³/mol. The average Bonchev–Trinajstić information content (AvgIpc) is 3.51. The van der Waals surface area contributed by atoms with Gasteiger partial charge < -0.3 is 20.4 Å². The molecule has 6 aromatic rings. The first kappa shape index (κ1) is 26.8. The van der Waals surface area contributed by atoms with Crippen LogP contribution < -0.4 is 20.9 Å². The van der Waals surface area contributed by atoms with Gasteiger partial charge in [0.1, 0.15) is 18.5 Å². The first-order valence-corrected chi connectivity index (χ1v) is 16.1. The van der Waals surface area contributed by atoms with E-state index in [2.05, 4.69) is 179 Å². The Hall–Kier alpha value is -5.52. The zero-order chi connectivity index (χ0) is 30.6. The molecule has 0 amide bonds. The van der Waals surface area contributed by atoms with Gasteiger partial charge in [-0.2, -0.15) is 0 Å². The molecule has 0 saturated carbocycles. The zero-order valence-electron chi connectivity index (χ0n) is 25.7. The van der Waals surface area contributed by atoms with E-state index in [0.29, 0.717) is 0 Å². The van der Waals surface area contributed by atoms with Gasteiger partial charge in [0.05, 0.1) is 11.4 Å². The molecule has 0 bridgehead atoms. The van der Waals surface area contributed by atoms with Crippen LogP contribution in [-0.4, -0.2) is 30.8 Å². The number of benzene rings is 6. The number of para-hydroxylation sites is 2. The molecule has 46 heavy (non-hydrogen) atoms. The van der Waals surface area contributed by atoms with Crippen LogP contribution in [-0.2, 0) is 0 Å². The summed E-state index contributed by atoms with van der Waals surface area (Å²) in [6.45, 7) is 0.762. The quantitative estimate of drug-likeness (QED) is 0.190.